The molecule has 5 heteroatoms. The van der Waals surface area contributed by atoms with Crippen molar-refractivity contribution in [2.24, 2.45) is 0 Å². The van der Waals surface area contributed by atoms with Crippen LogP contribution in [0.4, 0.5) is 4.79 Å². The first-order valence-corrected chi connectivity index (χ1v) is 8.11. The van der Waals surface area contributed by atoms with Crippen LogP contribution >= 0.6 is 11.3 Å². The molecule has 1 heterocycles. The quantitative estimate of drug-likeness (QED) is 0.890. The van der Waals surface area contributed by atoms with Gasteiger partial charge in [-0.25, -0.2) is 9.78 Å². The summed E-state index contributed by atoms with van der Waals surface area (Å²) in [5, 5.41) is 8.82. The number of benzene rings is 1. The summed E-state index contributed by atoms with van der Waals surface area (Å²) in [6.45, 7) is 3.09. The van der Waals surface area contributed by atoms with Crippen LogP contribution in [-0.2, 0) is 13.1 Å². The highest BCUT2D eigenvalue weighted by molar-refractivity contribution is 7.09. The van der Waals surface area contributed by atoms with Gasteiger partial charge < -0.3 is 10.6 Å². The van der Waals surface area contributed by atoms with E-state index in [1.165, 1.54) is 24.1 Å². The molecule has 2 amide bonds. The first kappa shape index (κ1) is 14.1. The molecule has 1 fully saturated rings. The monoisotopic (exact) mass is 301 g/mol. The molecule has 0 radical (unpaired) electrons. The lowest BCUT2D eigenvalue weighted by molar-refractivity contribution is 0.240. The molecule has 2 N–H and O–H groups in total. The van der Waals surface area contributed by atoms with Gasteiger partial charge >= 0.3 is 6.03 Å². The molecular formula is C16H19N3OS. The van der Waals surface area contributed by atoms with Crippen LogP contribution in [0.3, 0.4) is 0 Å². The summed E-state index contributed by atoms with van der Waals surface area (Å²) in [5.74, 6) is 0.671. The average molecular weight is 301 g/mol. The zero-order valence-electron chi connectivity index (χ0n) is 12.1. The van der Waals surface area contributed by atoms with Gasteiger partial charge in [0.2, 0.25) is 0 Å². The number of aryl methyl sites for hydroxylation is 1. The van der Waals surface area contributed by atoms with Crippen molar-refractivity contribution in [1.29, 1.82) is 0 Å². The van der Waals surface area contributed by atoms with E-state index < -0.39 is 0 Å². The molecule has 0 unspecified atom stereocenters. The molecule has 0 atom stereocenters. The van der Waals surface area contributed by atoms with Gasteiger partial charge in [0.1, 0.15) is 5.01 Å². The van der Waals surface area contributed by atoms with E-state index in [4.69, 9.17) is 0 Å². The minimum atomic E-state index is -0.151. The topological polar surface area (TPSA) is 54.0 Å². The van der Waals surface area contributed by atoms with Crippen molar-refractivity contribution in [3.8, 4) is 0 Å². The Morgan fingerprint density at radius 1 is 1.29 bits per heavy atom. The number of hydrogen-bond donors (Lipinski definition) is 2. The largest absolute Gasteiger partial charge is 0.334 e. The maximum absolute atomic E-state index is 11.8. The van der Waals surface area contributed by atoms with Gasteiger partial charge in [0.05, 0.1) is 12.2 Å². The molecule has 1 aliphatic carbocycles. The first-order chi connectivity index (χ1) is 10.2. The fourth-order valence-electron chi connectivity index (χ4n) is 2.18. The van der Waals surface area contributed by atoms with Crippen molar-refractivity contribution in [2.45, 2.75) is 38.8 Å². The Hall–Kier alpha value is -1.88. The lowest BCUT2D eigenvalue weighted by Gasteiger charge is -2.08. The lowest BCUT2D eigenvalue weighted by atomic mass is 10.1. The van der Waals surface area contributed by atoms with Gasteiger partial charge in [0, 0.05) is 17.8 Å². The Bertz CT molecular complexity index is 634. The van der Waals surface area contributed by atoms with Gasteiger partial charge in [-0.2, -0.15) is 0 Å². The van der Waals surface area contributed by atoms with Gasteiger partial charge in [-0.15, -0.1) is 11.3 Å². The number of nitrogens with one attached hydrogen (secondary N) is 2. The van der Waals surface area contributed by atoms with Crippen LogP contribution in [0.2, 0.25) is 0 Å². The van der Waals surface area contributed by atoms with Gasteiger partial charge in [-0.05, 0) is 30.9 Å². The van der Waals surface area contributed by atoms with Crippen molar-refractivity contribution in [3.63, 3.8) is 0 Å². The summed E-state index contributed by atoms with van der Waals surface area (Å²) < 4.78 is 0. The number of rotatable bonds is 5. The van der Waals surface area contributed by atoms with Gasteiger partial charge in [-0.3, -0.25) is 0 Å². The molecule has 0 saturated heterocycles. The number of thiazole rings is 1. The van der Waals surface area contributed by atoms with E-state index in [9.17, 15) is 4.79 Å². The van der Waals surface area contributed by atoms with Gasteiger partial charge in [0.15, 0.2) is 0 Å². The smallest absolute Gasteiger partial charge is 0.315 e. The summed E-state index contributed by atoms with van der Waals surface area (Å²) in [6, 6.07) is 7.90. The molecule has 21 heavy (non-hydrogen) atoms. The summed E-state index contributed by atoms with van der Waals surface area (Å²) in [6.07, 6.45) is 2.51. The zero-order chi connectivity index (χ0) is 14.7. The molecule has 3 rings (SSSR count). The van der Waals surface area contributed by atoms with Crippen LogP contribution in [0.25, 0.3) is 0 Å². The van der Waals surface area contributed by atoms with Crippen molar-refractivity contribution >= 4 is 17.4 Å². The fraction of sp³-hybridized carbons (Fsp3) is 0.375. The SMILES string of the molecule is Cc1ccccc1CNC(=O)NCc1nc(C2CC2)cs1. The predicted octanol–water partition coefficient (Wildman–Crippen LogP) is 3.33. The maximum Gasteiger partial charge on any atom is 0.315 e. The highest BCUT2D eigenvalue weighted by Crippen LogP contribution is 2.40. The fourth-order valence-corrected chi connectivity index (χ4v) is 2.99. The number of hydrogen-bond acceptors (Lipinski definition) is 3. The second-order valence-corrected chi connectivity index (χ2v) is 6.35. The highest BCUT2D eigenvalue weighted by Gasteiger charge is 2.25. The van der Waals surface area contributed by atoms with Crippen LogP contribution in [0.1, 0.15) is 40.6 Å². The third-order valence-corrected chi connectivity index (χ3v) is 4.53. The summed E-state index contributed by atoms with van der Waals surface area (Å²) in [5.41, 5.74) is 3.52. The number of amides is 2. The minimum absolute atomic E-state index is 0.151. The van der Waals surface area contributed by atoms with Crippen molar-refractivity contribution in [1.82, 2.24) is 15.6 Å². The highest BCUT2D eigenvalue weighted by atomic mass is 32.1. The number of carbonyl (C=O) groups excluding carboxylic acids is 1. The van der Waals surface area contributed by atoms with Crippen LogP contribution in [0.15, 0.2) is 29.6 Å². The van der Waals surface area contributed by atoms with Crippen LogP contribution in [0, 0.1) is 6.92 Å². The predicted molar refractivity (Wildman–Crippen MR) is 84.3 cm³/mol. The molecule has 1 saturated carbocycles. The Morgan fingerprint density at radius 2 is 2.05 bits per heavy atom. The molecule has 0 aliphatic heterocycles. The number of aromatic nitrogens is 1. The number of urea groups is 1. The summed E-state index contributed by atoms with van der Waals surface area (Å²) in [4.78, 5) is 16.4. The Balaban J connectivity index is 1.44. The number of nitrogens with zero attached hydrogens (tertiary/aromatic N) is 1. The molecule has 110 valence electrons. The zero-order valence-corrected chi connectivity index (χ0v) is 12.9. The number of carbonyl (C=O) groups is 1. The molecule has 1 aromatic carbocycles. The van der Waals surface area contributed by atoms with Crippen molar-refractivity contribution in [3.05, 3.63) is 51.5 Å². The van der Waals surface area contributed by atoms with Crippen molar-refractivity contribution in [2.75, 3.05) is 0 Å². The second-order valence-electron chi connectivity index (χ2n) is 5.40. The van der Waals surface area contributed by atoms with Crippen LogP contribution in [-0.4, -0.2) is 11.0 Å². The van der Waals surface area contributed by atoms with Gasteiger partial charge in [-0.1, -0.05) is 24.3 Å². The average Bonchev–Trinajstić information content (AvgIpc) is 3.23. The van der Waals surface area contributed by atoms with Crippen LogP contribution < -0.4 is 10.6 Å². The maximum atomic E-state index is 11.8. The second kappa shape index (κ2) is 6.26. The van der Waals surface area contributed by atoms with E-state index in [1.807, 2.05) is 31.2 Å². The molecule has 1 aromatic heterocycles. The lowest BCUT2D eigenvalue weighted by Crippen LogP contribution is -2.34. The summed E-state index contributed by atoms with van der Waals surface area (Å²) in [7, 11) is 0. The third-order valence-electron chi connectivity index (χ3n) is 3.67. The van der Waals surface area contributed by atoms with Gasteiger partial charge in [0.25, 0.3) is 0 Å². The normalized spacial score (nSPS) is 14.0. The molecule has 2 aromatic rings. The Kier molecular flexibility index (Phi) is 4.20. The molecule has 4 nitrogen and oxygen atoms in total. The molecule has 1 aliphatic rings. The Morgan fingerprint density at radius 3 is 2.81 bits per heavy atom. The summed E-state index contributed by atoms with van der Waals surface area (Å²) >= 11 is 1.62. The minimum Gasteiger partial charge on any atom is -0.334 e. The van der Waals surface area contributed by atoms with E-state index in [2.05, 4.69) is 21.0 Å². The van der Waals surface area contributed by atoms with E-state index in [0.717, 1.165) is 10.6 Å². The van der Waals surface area contributed by atoms with E-state index >= 15 is 0 Å². The molecule has 0 spiro atoms. The Labute approximate surface area is 128 Å². The third kappa shape index (κ3) is 3.82. The van der Waals surface area contributed by atoms with E-state index in [1.54, 1.807) is 11.3 Å². The van der Waals surface area contributed by atoms with Crippen LogP contribution in [0.5, 0.6) is 0 Å². The standard InChI is InChI=1S/C16H19N3OS/c1-11-4-2-3-5-13(11)8-17-16(20)18-9-15-19-14(10-21-15)12-6-7-12/h2-5,10,12H,6-9H2,1H3,(H2,17,18,20). The van der Waals surface area contributed by atoms with E-state index in [-0.39, 0.29) is 6.03 Å². The molecular weight excluding hydrogens is 282 g/mol. The van der Waals surface area contributed by atoms with Crippen molar-refractivity contribution < 1.29 is 4.79 Å². The molecule has 0 bridgehead atoms. The first-order valence-electron chi connectivity index (χ1n) is 7.23. The van der Waals surface area contributed by atoms with E-state index in [0.29, 0.717) is 19.0 Å².